The number of β-lactam (4-membered cyclic amide) rings is 1. The van der Waals surface area contributed by atoms with Crippen LogP contribution in [0.4, 0.5) is 4.79 Å². The first kappa shape index (κ1) is 24.3. The van der Waals surface area contributed by atoms with Crippen LogP contribution in [0.2, 0.25) is 0 Å². The van der Waals surface area contributed by atoms with Crippen LogP contribution in [0.15, 0.2) is 35.7 Å². The number of carbonyl (C=O) groups is 4. The molecule has 0 aliphatic carbocycles. The molecule has 5 amide bonds. The summed E-state index contributed by atoms with van der Waals surface area (Å²) in [4.78, 5) is 48.0. The zero-order valence-electron chi connectivity index (χ0n) is 16.9. The van der Waals surface area contributed by atoms with E-state index in [1.807, 2.05) is 0 Å². The Kier molecular flexibility index (Phi) is 6.85. The van der Waals surface area contributed by atoms with E-state index in [1.54, 1.807) is 11.5 Å². The van der Waals surface area contributed by atoms with Crippen LogP contribution in [0.25, 0.3) is 0 Å². The van der Waals surface area contributed by atoms with E-state index in [1.165, 1.54) is 36.0 Å². The number of primary amides is 1. The van der Waals surface area contributed by atoms with Gasteiger partial charge in [0, 0.05) is 0 Å². The number of rotatable bonds is 8. The fourth-order valence-electron chi connectivity index (χ4n) is 3.33. The number of nitrogens with zero attached hydrogens (tertiary/aromatic N) is 1. The highest BCUT2D eigenvalue weighted by atomic mass is 32.2. The minimum atomic E-state index is -4.73. The van der Waals surface area contributed by atoms with Gasteiger partial charge in [0.25, 0.3) is 5.91 Å². The lowest BCUT2D eigenvalue weighted by Crippen LogP contribution is -2.66. The molecule has 0 saturated carbocycles. The standard InChI is InChI=1S/C18H21N5O8S2/c19-17(28)22-18(6-1-7-32-18)8-13(25)21-14(10-2-4-11(24)5-3-10)15(26)20-12-9-23(16(12)27)33(29,30)31/h1-5,7,12,14,24H,6,8-9H2,(H,20,26)(H,21,25)(H3,19,22,28)(H,29,30,31)/t12?,14-,18?/m1/s1. The molecule has 13 nitrogen and oxygen atoms in total. The van der Waals surface area contributed by atoms with Crippen molar-refractivity contribution >= 4 is 45.8 Å². The van der Waals surface area contributed by atoms with Crippen molar-refractivity contribution in [3.63, 3.8) is 0 Å². The minimum absolute atomic E-state index is 0.0831. The van der Waals surface area contributed by atoms with E-state index in [0.29, 0.717) is 6.42 Å². The Morgan fingerprint density at radius 3 is 2.45 bits per heavy atom. The lowest BCUT2D eigenvalue weighted by molar-refractivity contribution is -0.141. The number of benzene rings is 1. The van der Waals surface area contributed by atoms with E-state index in [0.717, 1.165) is 0 Å². The molecule has 15 heteroatoms. The summed E-state index contributed by atoms with van der Waals surface area (Å²) in [6.07, 6.45) is 1.85. The molecule has 33 heavy (non-hydrogen) atoms. The third kappa shape index (κ3) is 5.74. The van der Waals surface area contributed by atoms with Crippen molar-refractivity contribution < 1.29 is 37.3 Å². The summed E-state index contributed by atoms with van der Waals surface area (Å²) in [6.45, 7) is -0.465. The molecule has 2 heterocycles. The number of urea groups is 1. The smallest absolute Gasteiger partial charge is 0.362 e. The van der Waals surface area contributed by atoms with Crippen LogP contribution in [0.5, 0.6) is 5.75 Å². The number of nitrogens with two attached hydrogens (primary N) is 1. The van der Waals surface area contributed by atoms with Gasteiger partial charge < -0.3 is 26.8 Å². The largest absolute Gasteiger partial charge is 0.508 e. The maximum absolute atomic E-state index is 12.9. The predicted octanol–water partition coefficient (Wildman–Crippen LogP) is -0.915. The Labute approximate surface area is 192 Å². The van der Waals surface area contributed by atoms with Crippen LogP contribution in [-0.2, 0) is 24.7 Å². The summed E-state index contributed by atoms with van der Waals surface area (Å²) in [7, 11) is -4.73. The third-order valence-corrected chi connectivity index (χ3v) is 6.99. The Morgan fingerprint density at radius 2 is 1.94 bits per heavy atom. The van der Waals surface area contributed by atoms with Gasteiger partial charge in [-0.05, 0) is 29.5 Å². The first-order valence-electron chi connectivity index (χ1n) is 9.48. The molecule has 2 aliphatic rings. The molecule has 0 aromatic heterocycles. The maximum Gasteiger partial charge on any atom is 0.362 e. The van der Waals surface area contributed by atoms with Crippen molar-refractivity contribution in [1.82, 2.24) is 20.3 Å². The van der Waals surface area contributed by atoms with Crippen LogP contribution in [0.3, 0.4) is 0 Å². The quantitative estimate of drug-likeness (QED) is 0.193. The van der Waals surface area contributed by atoms with E-state index in [2.05, 4.69) is 16.0 Å². The lowest BCUT2D eigenvalue weighted by atomic mass is 10.0. The number of carbonyl (C=O) groups excluding carboxylic acids is 4. The van der Waals surface area contributed by atoms with Gasteiger partial charge in [-0.25, -0.2) is 9.10 Å². The van der Waals surface area contributed by atoms with Crippen molar-refractivity contribution in [2.75, 3.05) is 6.54 Å². The normalized spacial score (nSPS) is 22.9. The van der Waals surface area contributed by atoms with Gasteiger partial charge >= 0.3 is 16.3 Å². The summed E-state index contributed by atoms with van der Waals surface area (Å²) in [5.41, 5.74) is 5.48. The number of thioether (sulfide) groups is 1. The number of hydrogen-bond donors (Lipinski definition) is 6. The molecule has 2 unspecified atom stereocenters. The minimum Gasteiger partial charge on any atom is -0.508 e. The van der Waals surface area contributed by atoms with Crippen LogP contribution < -0.4 is 21.7 Å². The first-order valence-corrected chi connectivity index (χ1v) is 11.8. The predicted molar refractivity (Wildman–Crippen MR) is 116 cm³/mol. The average molecular weight is 500 g/mol. The van der Waals surface area contributed by atoms with Crippen molar-refractivity contribution in [2.45, 2.75) is 29.8 Å². The van der Waals surface area contributed by atoms with E-state index in [4.69, 9.17) is 10.3 Å². The molecule has 1 aromatic rings. The highest BCUT2D eigenvalue weighted by Gasteiger charge is 2.45. The molecule has 1 aromatic carbocycles. The monoisotopic (exact) mass is 499 g/mol. The number of aromatic hydroxyl groups is 1. The van der Waals surface area contributed by atoms with Gasteiger partial charge in [-0.3, -0.25) is 18.9 Å². The summed E-state index contributed by atoms with van der Waals surface area (Å²) < 4.78 is 31.3. The molecule has 7 N–H and O–H groups in total. The fourth-order valence-corrected chi connectivity index (χ4v) is 5.04. The Hall–Kier alpha value is -3.30. The Balaban J connectivity index is 1.74. The molecule has 2 aliphatic heterocycles. The zero-order chi connectivity index (χ0) is 24.4. The number of amides is 5. The number of phenols is 1. The van der Waals surface area contributed by atoms with Gasteiger partial charge in [-0.15, -0.1) is 11.8 Å². The van der Waals surface area contributed by atoms with Crippen LogP contribution in [-0.4, -0.2) is 63.6 Å². The summed E-state index contributed by atoms with van der Waals surface area (Å²) in [5, 5.41) is 18.6. The first-order chi connectivity index (χ1) is 15.4. The second-order valence-corrected chi connectivity index (χ2v) is 9.98. The van der Waals surface area contributed by atoms with Crippen LogP contribution in [0, 0.1) is 0 Å². The van der Waals surface area contributed by atoms with E-state index in [-0.39, 0.29) is 22.0 Å². The lowest BCUT2D eigenvalue weighted by Gasteiger charge is -2.36. The topological polar surface area (TPSA) is 208 Å². The van der Waals surface area contributed by atoms with Gasteiger partial charge in [0.2, 0.25) is 11.8 Å². The second-order valence-electron chi connectivity index (χ2n) is 7.35. The molecule has 0 radical (unpaired) electrons. The number of nitrogens with one attached hydrogen (secondary N) is 3. The molecule has 0 spiro atoms. The number of hydrogen-bond acceptors (Lipinski definition) is 8. The maximum atomic E-state index is 12.9. The van der Waals surface area contributed by atoms with E-state index < -0.39 is 57.6 Å². The molecular weight excluding hydrogens is 478 g/mol. The molecule has 3 atom stereocenters. The van der Waals surface area contributed by atoms with Gasteiger partial charge in [0.05, 0.1) is 13.0 Å². The summed E-state index contributed by atoms with van der Waals surface area (Å²) >= 11 is 1.19. The average Bonchev–Trinajstić information content (AvgIpc) is 3.15. The Bertz CT molecular complexity index is 1100. The third-order valence-electron chi connectivity index (χ3n) is 4.92. The van der Waals surface area contributed by atoms with Gasteiger partial charge in [-0.2, -0.15) is 8.42 Å². The van der Waals surface area contributed by atoms with Crippen molar-refractivity contribution in [3.05, 3.63) is 41.3 Å². The molecular formula is C18H21N5O8S2. The van der Waals surface area contributed by atoms with Crippen molar-refractivity contribution in [3.8, 4) is 5.75 Å². The summed E-state index contributed by atoms with van der Waals surface area (Å²) in [6, 6.07) is 2.02. The SMILES string of the molecule is NC(=O)NC1(CC(=O)N[C@@H](C(=O)NC2CN(S(=O)(=O)O)C2=O)c2ccc(O)cc2)CC=CS1. The van der Waals surface area contributed by atoms with Crippen molar-refractivity contribution in [1.29, 1.82) is 0 Å². The van der Waals surface area contributed by atoms with Crippen LogP contribution >= 0.6 is 11.8 Å². The Morgan fingerprint density at radius 1 is 1.27 bits per heavy atom. The molecule has 1 fully saturated rings. The summed E-state index contributed by atoms with van der Waals surface area (Å²) in [5.74, 6) is -2.55. The molecule has 178 valence electrons. The zero-order valence-corrected chi connectivity index (χ0v) is 18.6. The highest BCUT2D eigenvalue weighted by Crippen LogP contribution is 2.37. The van der Waals surface area contributed by atoms with Crippen LogP contribution in [0.1, 0.15) is 24.4 Å². The van der Waals surface area contributed by atoms with Gasteiger partial charge in [0.1, 0.15) is 22.7 Å². The highest BCUT2D eigenvalue weighted by molar-refractivity contribution is 8.03. The van der Waals surface area contributed by atoms with Crippen molar-refractivity contribution in [2.24, 2.45) is 5.73 Å². The van der Waals surface area contributed by atoms with E-state index >= 15 is 0 Å². The second kappa shape index (κ2) is 9.29. The number of phenolic OH excluding ortho intramolecular Hbond substituents is 1. The molecule has 0 bridgehead atoms. The van der Waals surface area contributed by atoms with Gasteiger partial charge in [-0.1, -0.05) is 18.2 Å². The molecule has 3 rings (SSSR count). The van der Waals surface area contributed by atoms with E-state index in [9.17, 15) is 32.7 Å². The fraction of sp³-hybridized carbons (Fsp3) is 0.333. The molecule has 1 saturated heterocycles. The van der Waals surface area contributed by atoms with Gasteiger partial charge in [0.15, 0.2) is 0 Å².